The van der Waals surface area contributed by atoms with Gasteiger partial charge in [0, 0.05) is 61.2 Å². The van der Waals surface area contributed by atoms with Crippen molar-refractivity contribution in [1.29, 1.82) is 5.26 Å². The lowest BCUT2D eigenvalue weighted by molar-refractivity contribution is -0.138. The lowest BCUT2D eigenvalue weighted by Crippen LogP contribution is -2.49. The fraction of sp³-hybridized carbons (Fsp3) is 0.450. The second-order valence-electron chi connectivity index (χ2n) is 15.5. The minimum atomic E-state index is -4.84. The summed E-state index contributed by atoms with van der Waals surface area (Å²) in [6.07, 6.45) is -1.21. The van der Waals surface area contributed by atoms with Crippen LogP contribution in [0.15, 0.2) is 48.7 Å². The van der Waals surface area contributed by atoms with E-state index >= 15 is 0 Å². The van der Waals surface area contributed by atoms with Crippen molar-refractivity contribution in [3.8, 4) is 11.8 Å². The number of thiol groups is 1. The van der Waals surface area contributed by atoms with Gasteiger partial charge in [0.25, 0.3) is 5.91 Å². The first-order valence-corrected chi connectivity index (χ1v) is 20.1. The summed E-state index contributed by atoms with van der Waals surface area (Å²) in [7, 11) is 0. The van der Waals surface area contributed by atoms with E-state index in [2.05, 4.69) is 30.7 Å². The van der Waals surface area contributed by atoms with Crippen molar-refractivity contribution in [2.24, 2.45) is 0 Å². The average molecular weight is 854 g/mol. The van der Waals surface area contributed by atoms with Crippen LogP contribution < -0.4 is 30.5 Å². The van der Waals surface area contributed by atoms with Gasteiger partial charge in [-0.2, -0.15) is 18.4 Å². The second kappa shape index (κ2) is 16.9. The zero-order chi connectivity index (χ0) is 42.2. The number of imide groups is 1. The van der Waals surface area contributed by atoms with Gasteiger partial charge in [-0.3, -0.25) is 39.2 Å². The lowest BCUT2D eigenvalue weighted by atomic mass is 10.0. The summed E-state index contributed by atoms with van der Waals surface area (Å²) in [6, 6.07) is 12.3. The molecule has 1 aromatic heterocycles. The van der Waals surface area contributed by atoms with Crippen molar-refractivity contribution in [3.05, 3.63) is 70.5 Å². The van der Waals surface area contributed by atoms with Crippen molar-refractivity contribution in [3.63, 3.8) is 0 Å². The van der Waals surface area contributed by atoms with E-state index in [1.807, 2.05) is 18.2 Å². The number of nitriles is 1. The van der Waals surface area contributed by atoms with Crippen LogP contribution in [0.2, 0.25) is 5.02 Å². The molecule has 0 bridgehead atoms. The molecule has 2 unspecified atom stereocenters. The molecule has 1 aliphatic carbocycles. The quantitative estimate of drug-likeness (QED) is 0.140. The number of rotatable bonds is 12. The Bertz CT molecular complexity index is 2190. The molecule has 0 spiro atoms. The van der Waals surface area contributed by atoms with Gasteiger partial charge in [0.05, 0.1) is 24.0 Å². The van der Waals surface area contributed by atoms with Gasteiger partial charge in [-0.15, -0.1) is 12.6 Å². The number of halogens is 4. The van der Waals surface area contributed by atoms with Crippen LogP contribution in [0.1, 0.15) is 62.3 Å². The maximum Gasteiger partial charge on any atom is 0.419 e. The van der Waals surface area contributed by atoms with E-state index in [0.29, 0.717) is 54.7 Å². The van der Waals surface area contributed by atoms with Crippen molar-refractivity contribution in [1.82, 2.24) is 20.1 Å². The summed E-state index contributed by atoms with van der Waals surface area (Å²) in [5, 5.41) is 17.9. The van der Waals surface area contributed by atoms with Gasteiger partial charge in [0.1, 0.15) is 30.0 Å². The van der Waals surface area contributed by atoms with Crippen molar-refractivity contribution < 1.29 is 37.1 Å². The third-order valence-electron chi connectivity index (χ3n) is 10.9. The molecule has 0 radical (unpaired) electrons. The Hall–Kier alpha value is -5.09. The van der Waals surface area contributed by atoms with Crippen LogP contribution in [0.3, 0.4) is 0 Å². The van der Waals surface area contributed by atoms with Crippen LogP contribution in [-0.4, -0.2) is 101 Å². The smallest absolute Gasteiger partial charge is 0.419 e. The molecule has 3 aromatic rings. The molecule has 19 heteroatoms. The van der Waals surface area contributed by atoms with Crippen molar-refractivity contribution >= 4 is 70.6 Å². The first kappa shape index (κ1) is 42.0. The van der Waals surface area contributed by atoms with E-state index in [1.54, 1.807) is 36.9 Å². The van der Waals surface area contributed by atoms with Crippen LogP contribution >= 0.6 is 24.2 Å². The molecule has 3 N–H and O–H groups in total. The average Bonchev–Trinajstić information content (AvgIpc) is 4.00. The molecule has 4 amide bonds. The maximum atomic E-state index is 13.8. The molecule has 14 nitrogen and oxygen atoms in total. The van der Waals surface area contributed by atoms with Gasteiger partial charge in [-0.05, 0) is 87.1 Å². The normalized spacial score (nSPS) is 21.3. The molecular formula is C40H43ClF3N9O5S. The van der Waals surface area contributed by atoms with Gasteiger partial charge < -0.3 is 20.3 Å². The Morgan fingerprint density at radius 1 is 1.03 bits per heavy atom. The van der Waals surface area contributed by atoms with Crippen LogP contribution in [0.25, 0.3) is 0 Å². The minimum absolute atomic E-state index is 0.113. The summed E-state index contributed by atoms with van der Waals surface area (Å²) in [4.78, 5) is 61.4. The number of benzene rings is 2. The first-order chi connectivity index (χ1) is 28.0. The number of amides is 4. The number of nitrogens with zero attached hydrogens (tertiary/aromatic N) is 6. The van der Waals surface area contributed by atoms with E-state index in [4.69, 9.17) is 29.0 Å². The highest BCUT2D eigenvalue weighted by molar-refractivity contribution is 7.81. The minimum Gasteiger partial charge on any atom is -0.492 e. The lowest BCUT2D eigenvalue weighted by Gasteiger charge is -2.34. The van der Waals surface area contributed by atoms with Crippen LogP contribution in [0, 0.1) is 11.3 Å². The number of aromatic nitrogens is 1. The molecule has 2 aromatic carbocycles. The Morgan fingerprint density at radius 3 is 2.42 bits per heavy atom. The summed E-state index contributed by atoms with van der Waals surface area (Å²) in [6.45, 7) is 7.48. The molecule has 3 saturated heterocycles. The van der Waals surface area contributed by atoms with Crippen LogP contribution in [-0.2, 0) is 25.4 Å². The molecule has 4 aliphatic rings. The van der Waals surface area contributed by atoms with Gasteiger partial charge in [-0.25, -0.2) is 4.98 Å². The summed E-state index contributed by atoms with van der Waals surface area (Å²) in [5.74, 6) is -0.386. The third kappa shape index (κ3) is 9.38. The van der Waals surface area contributed by atoms with E-state index in [9.17, 15) is 37.6 Å². The third-order valence-corrected chi connectivity index (χ3v) is 11.6. The number of hydrogen-bond acceptors (Lipinski definition) is 12. The largest absolute Gasteiger partial charge is 0.492 e. The number of carbonyl (C=O) groups is 4. The monoisotopic (exact) mass is 853 g/mol. The van der Waals surface area contributed by atoms with Gasteiger partial charge in [0.2, 0.25) is 17.7 Å². The maximum absolute atomic E-state index is 13.8. The predicted octanol–water partition coefficient (Wildman–Crippen LogP) is 5.20. The zero-order valence-corrected chi connectivity index (χ0v) is 34.0. The fourth-order valence-electron chi connectivity index (χ4n) is 7.67. The highest BCUT2D eigenvalue weighted by Crippen LogP contribution is 2.48. The Labute approximate surface area is 349 Å². The molecule has 59 heavy (non-hydrogen) atoms. The van der Waals surface area contributed by atoms with Crippen molar-refractivity contribution in [2.75, 3.05) is 66.3 Å². The van der Waals surface area contributed by atoms with E-state index in [1.165, 1.54) is 11.0 Å². The molecule has 3 aliphatic heterocycles. The molecule has 1 saturated carbocycles. The summed E-state index contributed by atoms with van der Waals surface area (Å²) < 4.78 is 47.7. The topological polar surface area (TPSA) is 163 Å². The fourth-order valence-corrected chi connectivity index (χ4v) is 8.57. The molecule has 4 heterocycles. The second-order valence-corrected chi connectivity index (χ2v) is 16.4. The Morgan fingerprint density at radius 2 is 1.75 bits per heavy atom. The number of anilines is 4. The van der Waals surface area contributed by atoms with E-state index in [-0.39, 0.29) is 36.4 Å². The molecular weight excluding hydrogens is 811 g/mol. The van der Waals surface area contributed by atoms with E-state index < -0.39 is 46.3 Å². The summed E-state index contributed by atoms with van der Waals surface area (Å²) in [5.41, 5.74) is -1.57. The predicted molar refractivity (Wildman–Crippen MR) is 217 cm³/mol. The number of carbonyl (C=O) groups excluding carboxylic acids is 4. The number of ether oxygens (including phenoxy) is 1. The van der Waals surface area contributed by atoms with Crippen molar-refractivity contribution in [2.45, 2.75) is 68.7 Å². The Balaban J connectivity index is 0.918. The van der Waals surface area contributed by atoms with E-state index in [0.717, 1.165) is 49.5 Å². The first-order valence-electron chi connectivity index (χ1n) is 19.2. The van der Waals surface area contributed by atoms with Gasteiger partial charge in [0.15, 0.2) is 11.2 Å². The van der Waals surface area contributed by atoms with Crippen LogP contribution in [0.5, 0.6) is 5.75 Å². The number of pyridine rings is 1. The summed E-state index contributed by atoms with van der Waals surface area (Å²) >= 11 is 11.0. The highest BCUT2D eigenvalue weighted by Gasteiger charge is 2.52. The number of piperidine rings is 1. The molecule has 4 fully saturated rings. The number of alkyl halides is 3. The molecule has 7 rings (SSSR count). The number of nitrogens with one attached hydrogen (secondary N) is 3. The molecule has 312 valence electrons. The van der Waals surface area contributed by atoms with Gasteiger partial charge >= 0.3 is 6.18 Å². The molecule has 2 atom stereocenters. The van der Waals surface area contributed by atoms with Crippen LogP contribution in [0.4, 0.5) is 35.9 Å². The zero-order valence-electron chi connectivity index (χ0n) is 32.3. The highest BCUT2D eigenvalue weighted by atomic mass is 35.5. The standard InChI is InChI=1S/C40H43ClF3N9O5S/c1-39(2)37(57)52(28-19-30(40(42,43)44)32(20-45)46-21-28)38(59)53(39)27-5-7-33(29(18-27)23-3-4-23)58-14-13-50-9-11-51(12-10-50)22-35(55)48-26-16-24(41)15-25(17-26)47-31-6-8-34(54)49-36(31)56/h5,7,15-19,21,23,31,38,47,59H,3-4,6,8-14,22H2,1-2H3,(H,48,55)(H,49,54,56). The number of piperazine rings is 1. The SMILES string of the molecule is CC1(C)C(=O)N(c2cnc(C#N)c(C(F)(F)F)c2)C(S)N1c1ccc(OCCN2CCN(CC(=O)Nc3cc(Cl)cc(NC4CCC(=O)NC4=O)c3)CC2)c(C2CC2)c1. The Kier molecular flexibility index (Phi) is 12.0. The number of hydrogen-bond donors (Lipinski definition) is 4. The van der Waals surface area contributed by atoms with Gasteiger partial charge in [-0.1, -0.05) is 11.6 Å².